The minimum Gasteiger partial charge on any atom is -0.460 e. The van der Waals surface area contributed by atoms with E-state index in [1.54, 1.807) is 31.3 Å². The third-order valence-electron chi connectivity index (χ3n) is 3.62. The van der Waals surface area contributed by atoms with Crippen LogP contribution < -0.4 is 0 Å². The zero-order valence-electron chi connectivity index (χ0n) is 12.2. The average Bonchev–Trinajstić information content (AvgIpc) is 3.16. The van der Waals surface area contributed by atoms with E-state index in [0.29, 0.717) is 18.6 Å². The summed E-state index contributed by atoms with van der Waals surface area (Å²) < 4.78 is 33.3. The molecule has 0 aromatic carbocycles. The van der Waals surface area contributed by atoms with Gasteiger partial charge in [0.05, 0.1) is 12.1 Å². The molecule has 0 atom stereocenters. The van der Waals surface area contributed by atoms with Crippen LogP contribution in [0.2, 0.25) is 0 Å². The Labute approximate surface area is 128 Å². The lowest BCUT2D eigenvalue weighted by atomic mass is 10.4. The van der Waals surface area contributed by atoms with Crippen LogP contribution in [0.3, 0.4) is 0 Å². The van der Waals surface area contributed by atoms with Crippen molar-refractivity contribution in [2.45, 2.75) is 24.8 Å². The highest BCUT2D eigenvalue weighted by molar-refractivity contribution is 7.89. The van der Waals surface area contributed by atoms with Gasteiger partial charge in [-0.1, -0.05) is 6.07 Å². The minimum absolute atomic E-state index is 0.0183. The van der Waals surface area contributed by atoms with E-state index in [9.17, 15) is 13.2 Å². The van der Waals surface area contributed by atoms with Crippen molar-refractivity contribution in [2.75, 3.05) is 19.7 Å². The van der Waals surface area contributed by atoms with Gasteiger partial charge in [-0.3, -0.25) is 4.40 Å². The number of hydrogen-bond donors (Lipinski definition) is 0. The van der Waals surface area contributed by atoms with Crippen molar-refractivity contribution in [1.29, 1.82) is 0 Å². The summed E-state index contributed by atoms with van der Waals surface area (Å²) in [4.78, 5) is 16.1. The molecule has 7 nitrogen and oxygen atoms in total. The Bertz CT molecular complexity index is 807. The van der Waals surface area contributed by atoms with E-state index in [1.807, 2.05) is 0 Å². The van der Waals surface area contributed by atoms with Crippen LogP contribution in [-0.4, -0.2) is 47.8 Å². The first kappa shape index (κ1) is 15.0. The molecule has 22 heavy (non-hydrogen) atoms. The Hall–Kier alpha value is -1.93. The number of hydrogen-bond acceptors (Lipinski definition) is 5. The van der Waals surface area contributed by atoms with Crippen LogP contribution in [0.1, 0.15) is 30.4 Å². The van der Waals surface area contributed by atoms with Crippen molar-refractivity contribution in [3.8, 4) is 0 Å². The van der Waals surface area contributed by atoms with E-state index in [0.717, 1.165) is 12.8 Å². The van der Waals surface area contributed by atoms with Gasteiger partial charge in [0, 0.05) is 19.3 Å². The molecule has 0 radical (unpaired) electrons. The first-order chi connectivity index (χ1) is 10.6. The van der Waals surface area contributed by atoms with Gasteiger partial charge in [-0.25, -0.2) is 18.2 Å². The normalized spacial score (nSPS) is 16.2. The fourth-order valence-electron chi connectivity index (χ4n) is 2.59. The van der Waals surface area contributed by atoms with Crippen molar-refractivity contribution in [2.24, 2.45) is 0 Å². The highest BCUT2D eigenvalue weighted by atomic mass is 32.2. The molecule has 2 aromatic heterocycles. The summed E-state index contributed by atoms with van der Waals surface area (Å²) in [6.45, 7) is 2.87. The van der Waals surface area contributed by atoms with Gasteiger partial charge in [-0.05, 0) is 31.9 Å². The maximum atomic E-state index is 12.7. The third-order valence-corrected chi connectivity index (χ3v) is 5.46. The summed E-state index contributed by atoms with van der Waals surface area (Å²) >= 11 is 0. The molecule has 1 aliphatic rings. The molecule has 3 rings (SSSR count). The number of ether oxygens (including phenoxy) is 1. The first-order valence-corrected chi connectivity index (χ1v) is 8.64. The second-order valence-electron chi connectivity index (χ2n) is 5.03. The van der Waals surface area contributed by atoms with Crippen molar-refractivity contribution >= 4 is 21.5 Å². The van der Waals surface area contributed by atoms with Crippen molar-refractivity contribution < 1.29 is 17.9 Å². The Morgan fingerprint density at radius 1 is 1.32 bits per heavy atom. The molecule has 2 aromatic rings. The Balaban J connectivity index is 2.16. The summed E-state index contributed by atoms with van der Waals surface area (Å²) in [6, 6.07) is 5.07. The highest BCUT2D eigenvalue weighted by Crippen LogP contribution is 2.25. The number of carbonyl (C=O) groups excluding carboxylic acids is 1. The second-order valence-corrected chi connectivity index (χ2v) is 6.88. The van der Waals surface area contributed by atoms with Gasteiger partial charge in [-0.15, -0.1) is 0 Å². The molecule has 0 aliphatic carbocycles. The zero-order valence-corrected chi connectivity index (χ0v) is 13.0. The topological polar surface area (TPSA) is 81.0 Å². The number of pyridine rings is 1. The summed E-state index contributed by atoms with van der Waals surface area (Å²) in [6.07, 6.45) is 3.29. The summed E-state index contributed by atoms with van der Waals surface area (Å²) in [7, 11) is -3.70. The summed E-state index contributed by atoms with van der Waals surface area (Å²) in [5.74, 6) is -0.651. The van der Waals surface area contributed by atoms with E-state index < -0.39 is 16.0 Å². The molecule has 0 N–H and O–H groups in total. The largest absolute Gasteiger partial charge is 0.460 e. The van der Waals surface area contributed by atoms with E-state index >= 15 is 0 Å². The van der Waals surface area contributed by atoms with Gasteiger partial charge in [0.15, 0.2) is 5.03 Å². The van der Waals surface area contributed by atoms with Gasteiger partial charge in [0.2, 0.25) is 5.82 Å². The molecule has 1 saturated heterocycles. The molecule has 118 valence electrons. The van der Waals surface area contributed by atoms with Crippen LogP contribution >= 0.6 is 0 Å². The molecular formula is C14H17N3O4S. The van der Waals surface area contributed by atoms with Crippen molar-refractivity contribution in [1.82, 2.24) is 13.7 Å². The van der Waals surface area contributed by atoms with Crippen LogP contribution in [0.25, 0.3) is 5.52 Å². The number of fused-ring (bicyclic) bond motifs is 1. The van der Waals surface area contributed by atoms with E-state index in [4.69, 9.17) is 4.74 Å². The quantitative estimate of drug-likeness (QED) is 0.792. The molecule has 3 heterocycles. The number of aromatic nitrogens is 2. The minimum atomic E-state index is -3.70. The third kappa shape index (κ3) is 2.38. The number of carbonyl (C=O) groups is 1. The van der Waals surface area contributed by atoms with Gasteiger partial charge in [0.1, 0.15) is 0 Å². The Morgan fingerprint density at radius 3 is 2.73 bits per heavy atom. The molecule has 0 spiro atoms. The zero-order chi connectivity index (χ0) is 15.7. The highest BCUT2D eigenvalue weighted by Gasteiger charge is 2.33. The fraction of sp³-hybridized carbons (Fsp3) is 0.429. The van der Waals surface area contributed by atoms with Gasteiger partial charge in [0.25, 0.3) is 10.0 Å². The number of rotatable bonds is 4. The molecule has 1 fully saturated rings. The predicted molar refractivity (Wildman–Crippen MR) is 79.1 cm³/mol. The number of imidazole rings is 1. The van der Waals surface area contributed by atoms with Crippen LogP contribution in [0, 0.1) is 0 Å². The standard InChI is InChI=1S/C14H17N3O4S/c1-2-21-14(18)12-15-13(11-7-3-4-10-17(11)12)22(19,20)16-8-5-6-9-16/h3-4,7,10H,2,5-6,8-9H2,1H3. The van der Waals surface area contributed by atoms with E-state index in [2.05, 4.69) is 4.98 Å². The molecule has 0 amide bonds. The molecule has 0 saturated carbocycles. The van der Waals surface area contributed by atoms with Crippen LogP contribution in [0.15, 0.2) is 29.4 Å². The maximum absolute atomic E-state index is 12.7. The molecular weight excluding hydrogens is 306 g/mol. The SMILES string of the molecule is CCOC(=O)c1nc(S(=O)(=O)N2CCCC2)c2ccccn12. The lowest BCUT2D eigenvalue weighted by Gasteiger charge is -2.13. The lowest BCUT2D eigenvalue weighted by Crippen LogP contribution is -2.28. The van der Waals surface area contributed by atoms with Crippen LogP contribution in [-0.2, 0) is 14.8 Å². The van der Waals surface area contributed by atoms with Crippen molar-refractivity contribution in [3.63, 3.8) is 0 Å². The average molecular weight is 323 g/mol. The van der Waals surface area contributed by atoms with Crippen LogP contribution in [0.4, 0.5) is 0 Å². The summed E-state index contributed by atoms with van der Waals surface area (Å²) in [5, 5.41) is -0.0851. The van der Waals surface area contributed by atoms with Gasteiger partial charge >= 0.3 is 5.97 Å². The van der Waals surface area contributed by atoms with E-state index in [-0.39, 0.29) is 17.5 Å². The first-order valence-electron chi connectivity index (χ1n) is 7.20. The number of esters is 1. The van der Waals surface area contributed by atoms with Gasteiger partial charge in [-0.2, -0.15) is 4.31 Å². The van der Waals surface area contributed by atoms with Crippen LogP contribution in [0.5, 0.6) is 0 Å². The molecule has 1 aliphatic heterocycles. The summed E-state index contributed by atoms with van der Waals surface area (Å²) in [5.41, 5.74) is 0.387. The maximum Gasteiger partial charge on any atom is 0.374 e. The molecule has 0 unspecified atom stereocenters. The monoisotopic (exact) mass is 323 g/mol. The predicted octanol–water partition coefficient (Wildman–Crippen LogP) is 1.30. The Kier molecular flexibility index (Phi) is 3.88. The number of sulfonamides is 1. The van der Waals surface area contributed by atoms with Crippen molar-refractivity contribution in [3.05, 3.63) is 30.2 Å². The molecule has 0 bridgehead atoms. The Morgan fingerprint density at radius 2 is 2.05 bits per heavy atom. The smallest absolute Gasteiger partial charge is 0.374 e. The van der Waals surface area contributed by atoms with E-state index in [1.165, 1.54) is 8.71 Å². The van der Waals surface area contributed by atoms with Gasteiger partial charge < -0.3 is 4.74 Å². The fourth-order valence-corrected chi connectivity index (χ4v) is 4.21. The lowest BCUT2D eigenvalue weighted by molar-refractivity contribution is 0.0511. The second kappa shape index (κ2) is 5.69. The molecule has 8 heteroatoms. The number of nitrogens with zero attached hydrogens (tertiary/aromatic N) is 3.